The van der Waals surface area contributed by atoms with Crippen LogP contribution in [-0.4, -0.2) is 41.7 Å². The van der Waals surface area contributed by atoms with Crippen LogP contribution in [0.1, 0.15) is 46.6 Å². The van der Waals surface area contributed by atoms with E-state index in [9.17, 15) is 0 Å². The molecule has 27 heavy (non-hydrogen) atoms. The van der Waals surface area contributed by atoms with Gasteiger partial charge in [0.2, 0.25) is 0 Å². The fourth-order valence-electron chi connectivity index (χ4n) is 4.44. The summed E-state index contributed by atoms with van der Waals surface area (Å²) in [6, 6.07) is 4.29. The molecule has 1 saturated heterocycles. The Balaban J connectivity index is 1.49. The van der Waals surface area contributed by atoms with Gasteiger partial charge in [-0.3, -0.25) is 4.90 Å². The number of nitrogens with zero attached hydrogens (tertiary/aromatic N) is 3. The number of methoxy groups -OCH3 is 1. The number of hydrogen-bond donors (Lipinski definition) is 0. The van der Waals surface area contributed by atoms with E-state index < -0.39 is 0 Å². The highest BCUT2D eigenvalue weighted by atomic mass is 16.5. The summed E-state index contributed by atoms with van der Waals surface area (Å²) >= 11 is 0. The van der Waals surface area contributed by atoms with Crippen LogP contribution in [0.5, 0.6) is 5.75 Å². The summed E-state index contributed by atoms with van der Waals surface area (Å²) in [5.41, 5.74) is 6.13. The molecule has 4 rings (SSSR count). The predicted octanol–water partition coefficient (Wildman–Crippen LogP) is 3.47. The first-order valence-electron chi connectivity index (χ1n) is 9.85. The summed E-state index contributed by atoms with van der Waals surface area (Å²) in [4.78, 5) is 11.7. The lowest BCUT2D eigenvalue weighted by Crippen LogP contribution is -2.47. The van der Waals surface area contributed by atoms with E-state index in [0.29, 0.717) is 0 Å². The molecule has 2 aliphatic rings. The minimum atomic E-state index is -0.220. The molecule has 0 radical (unpaired) electrons. The van der Waals surface area contributed by atoms with Crippen LogP contribution in [0.3, 0.4) is 0 Å². The van der Waals surface area contributed by atoms with Crippen molar-refractivity contribution in [2.24, 2.45) is 0 Å². The first kappa shape index (κ1) is 18.4. The normalized spacial score (nSPS) is 19.1. The number of rotatable bonds is 3. The number of aromatic nitrogens is 2. The van der Waals surface area contributed by atoms with Crippen molar-refractivity contribution in [3.8, 4) is 5.75 Å². The largest absolute Gasteiger partial charge is 0.496 e. The molecular weight excluding hydrogens is 338 g/mol. The molecule has 1 spiro atoms. The summed E-state index contributed by atoms with van der Waals surface area (Å²) in [5.74, 6) is 1.81. The third-order valence-electron chi connectivity index (χ3n) is 6.29. The minimum Gasteiger partial charge on any atom is -0.496 e. The van der Waals surface area contributed by atoms with Crippen molar-refractivity contribution in [2.45, 2.75) is 52.2 Å². The third kappa shape index (κ3) is 3.34. The van der Waals surface area contributed by atoms with Crippen LogP contribution in [0.25, 0.3) is 0 Å². The van der Waals surface area contributed by atoms with Crippen molar-refractivity contribution >= 4 is 0 Å². The highest BCUT2D eigenvalue weighted by molar-refractivity contribution is 5.43. The van der Waals surface area contributed by atoms with Gasteiger partial charge in [0.1, 0.15) is 17.2 Å². The van der Waals surface area contributed by atoms with E-state index in [1.807, 2.05) is 13.1 Å². The molecule has 0 aliphatic carbocycles. The second-order valence-corrected chi connectivity index (χ2v) is 7.84. The van der Waals surface area contributed by atoms with Gasteiger partial charge in [-0.2, -0.15) is 0 Å². The van der Waals surface area contributed by atoms with Gasteiger partial charge in [0, 0.05) is 25.8 Å². The topological polar surface area (TPSA) is 47.5 Å². The van der Waals surface area contributed by atoms with E-state index in [0.717, 1.165) is 62.8 Å². The maximum absolute atomic E-state index is 6.33. The van der Waals surface area contributed by atoms with Crippen LogP contribution < -0.4 is 4.74 Å². The monoisotopic (exact) mass is 367 g/mol. The lowest BCUT2D eigenvalue weighted by atomic mass is 9.83. The fraction of sp³-hybridized carbons (Fsp3) is 0.545. The number of fused-ring (bicyclic) bond motifs is 2. The predicted molar refractivity (Wildman–Crippen MR) is 105 cm³/mol. The van der Waals surface area contributed by atoms with E-state index in [2.05, 4.69) is 35.9 Å². The second-order valence-electron chi connectivity index (χ2n) is 7.84. The van der Waals surface area contributed by atoms with Gasteiger partial charge < -0.3 is 9.47 Å². The fourth-order valence-corrected chi connectivity index (χ4v) is 4.44. The number of likely N-dealkylation sites (tertiary alicyclic amines) is 1. The Morgan fingerprint density at radius 2 is 1.93 bits per heavy atom. The Morgan fingerprint density at radius 3 is 2.67 bits per heavy atom. The average Bonchev–Trinajstić information content (AvgIpc) is 2.68. The lowest BCUT2D eigenvalue weighted by molar-refractivity contribution is -0.102. The molecule has 144 valence electrons. The molecule has 0 N–H and O–H groups in total. The molecule has 0 atom stereocenters. The first-order chi connectivity index (χ1) is 13.0. The van der Waals surface area contributed by atoms with Crippen LogP contribution in [0, 0.1) is 20.8 Å². The highest BCUT2D eigenvalue weighted by Gasteiger charge is 2.42. The van der Waals surface area contributed by atoms with Gasteiger partial charge in [0.05, 0.1) is 19.4 Å². The van der Waals surface area contributed by atoms with E-state index in [4.69, 9.17) is 14.5 Å². The number of benzene rings is 1. The quantitative estimate of drug-likeness (QED) is 0.831. The van der Waals surface area contributed by atoms with Crippen LogP contribution >= 0.6 is 0 Å². The second kappa shape index (κ2) is 7.21. The van der Waals surface area contributed by atoms with Crippen molar-refractivity contribution in [1.82, 2.24) is 14.9 Å². The van der Waals surface area contributed by atoms with Gasteiger partial charge in [-0.25, -0.2) is 9.97 Å². The SMILES string of the molecule is COc1ccc(CN2CCC3(CC2)OCCc2cnc(C)nc23)c(C)c1C. The van der Waals surface area contributed by atoms with Crippen molar-refractivity contribution in [2.75, 3.05) is 26.8 Å². The molecule has 0 bridgehead atoms. The zero-order valence-corrected chi connectivity index (χ0v) is 16.8. The van der Waals surface area contributed by atoms with Gasteiger partial charge in [-0.05, 0) is 68.4 Å². The van der Waals surface area contributed by atoms with Gasteiger partial charge in [-0.1, -0.05) is 6.07 Å². The van der Waals surface area contributed by atoms with Crippen LogP contribution in [0.15, 0.2) is 18.3 Å². The third-order valence-corrected chi connectivity index (χ3v) is 6.29. The first-order valence-corrected chi connectivity index (χ1v) is 9.85. The maximum Gasteiger partial charge on any atom is 0.125 e. The van der Waals surface area contributed by atoms with Crippen LogP contribution in [0.2, 0.25) is 0 Å². The van der Waals surface area contributed by atoms with Crippen LogP contribution in [-0.2, 0) is 23.3 Å². The molecule has 5 nitrogen and oxygen atoms in total. The summed E-state index contributed by atoms with van der Waals surface area (Å²) in [6.07, 6.45) is 4.90. The summed E-state index contributed by atoms with van der Waals surface area (Å²) in [5, 5.41) is 0. The number of hydrogen-bond acceptors (Lipinski definition) is 5. The summed E-state index contributed by atoms with van der Waals surface area (Å²) < 4.78 is 11.8. The zero-order valence-electron chi connectivity index (χ0n) is 16.8. The molecule has 0 unspecified atom stereocenters. The van der Waals surface area contributed by atoms with Crippen molar-refractivity contribution in [3.63, 3.8) is 0 Å². The van der Waals surface area contributed by atoms with Gasteiger partial charge in [-0.15, -0.1) is 0 Å². The molecule has 1 aromatic heterocycles. The molecule has 2 aromatic rings. The molecule has 1 aromatic carbocycles. The molecule has 0 amide bonds. The maximum atomic E-state index is 6.33. The van der Waals surface area contributed by atoms with Gasteiger partial charge in [0.25, 0.3) is 0 Å². The van der Waals surface area contributed by atoms with Crippen molar-refractivity contribution in [3.05, 3.63) is 52.1 Å². The summed E-state index contributed by atoms with van der Waals surface area (Å²) in [7, 11) is 1.73. The molecule has 0 saturated carbocycles. The smallest absolute Gasteiger partial charge is 0.125 e. The molecule has 5 heteroatoms. The Morgan fingerprint density at radius 1 is 1.15 bits per heavy atom. The molecular formula is C22H29N3O2. The standard InChI is InChI=1S/C22H29N3O2/c1-15-16(2)20(26-4)6-5-19(15)14-25-10-8-22(9-11-25)21-18(7-12-27-22)13-23-17(3)24-21/h5-6,13H,7-12,14H2,1-4H3. The van der Waals surface area contributed by atoms with E-state index >= 15 is 0 Å². The average molecular weight is 367 g/mol. The summed E-state index contributed by atoms with van der Waals surface area (Å²) in [6.45, 7) is 10.1. The minimum absolute atomic E-state index is 0.220. The number of piperidine rings is 1. The number of ether oxygens (including phenoxy) is 2. The van der Waals surface area contributed by atoms with Crippen LogP contribution in [0.4, 0.5) is 0 Å². The zero-order chi connectivity index (χ0) is 19.0. The molecule has 2 aliphatic heterocycles. The van der Waals surface area contributed by atoms with Gasteiger partial charge in [0.15, 0.2) is 0 Å². The van der Waals surface area contributed by atoms with E-state index in [1.165, 1.54) is 22.3 Å². The number of aryl methyl sites for hydroxylation is 1. The van der Waals surface area contributed by atoms with Crippen molar-refractivity contribution in [1.29, 1.82) is 0 Å². The Hall–Kier alpha value is -1.98. The lowest BCUT2D eigenvalue weighted by Gasteiger charge is -2.44. The Bertz CT molecular complexity index is 842. The molecule has 1 fully saturated rings. The Labute approximate surface area is 161 Å². The van der Waals surface area contributed by atoms with E-state index in [-0.39, 0.29) is 5.60 Å². The highest BCUT2D eigenvalue weighted by Crippen LogP contribution is 2.40. The van der Waals surface area contributed by atoms with E-state index in [1.54, 1.807) is 7.11 Å². The molecule has 3 heterocycles. The van der Waals surface area contributed by atoms with Gasteiger partial charge >= 0.3 is 0 Å². The Kier molecular flexibility index (Phi) is 4.91. The van der Waals surface area contributed by atoms with Crippen molar-refractivity contribution < 1.29 is 9.47 Å².